The fourth-order valence-corrected chi connectivity index (χ4v) is 6.89. The minimum atomic E-state index is -3.08. The monoisotopic (exact) mass is 481 g/mol. The second-order valence-corrected chi connectivity index (χ2v) is 11.6. The molecule has 33 heavy (non-hydrogen) atoms. The van der Waals surface area contributed by atoms with Crippen LogP contribution in [0.5, 0.6) is 5.75 Å². The number of hydrogen-bond acceptors (Lipinski definition) is 5. The third kappa shape index (κ3) is 4.49. The van der Waals surface area contributed by atoms with Crippen LogP contribution in [-0.2, 0) is 27.5 Å². The summed E-state index contributed by atoms with van der Waals surface area (Å²) in [5.41, 5.74) is 1.30. The van der Waals surface area contributed by atoms with Gasteiger partial charge in [0.2, 0.25) is 5.91 Å². The summed E-state index contributed by atoms with van der Waals surface area (Å²) < 4.78 is 59.4. The number of fused-ring (bicyclic) bond motifs is 1. The topological polar surface area (TPSA) is 90.3 Å². The van der Waals surface area contributed by atoms with Gasteiger partial charge in [0.05, 0.1) is 29.3 Å². The second-order valence-electron chi connectivity index (χ2n) is 9.53. The number of amides is 1. The highest BCUT2D eigenvalue weighted by Crippen LogP contribution is 2.38. The minimum Gasteiger partial charge on any atom is -0.494 e. The van der Waals surface area contributed by atoms with E-state index in [4.69, 9.17) is 4.74 Å². The molecule has 1 aromatic heterocycles. The van der Waals surface area contributed by atoms with E-state index in [1.165, 1.54) is 6.07 Å². The molecule has 0 radical (unpaired) electrons. The van der Waals surface area contributed by atoms with Gasteiger partial charge in [0.25, 0.3) is 0 Å². The number of halogens is 2. The van der Waals surface area contributed by atoms with Crippen LogP contribution >= 0.6 is 0 Å². The van der Waals surface area contributed by atoms with Crippen molar-refractivity contribution in [2.24, 2.45) is 5.92 Å². The van der Waals surface area contributed by atoms with Crippen molar-refractivity contribution in [2.75, 3.05) is 18.1 Å². The fourth-order valence-electron chi connectivity index (χ4n) is 4.89. The van der Waals surface area contributed by atoms with Crippen LogP contribution in [0.25, 0.3) is 11.3 Å². The van der Waals surface area contributed by atoms with Gasteiger partial charge in [-0.2, -0.15) is 5.10 Å². The summed E-state index contributed by atoms with van der Waals surface area (Å²) in [6.45, 7) is 7.70. The number of nitrogens with one attached hydrogen (secondary N) is 1. The zero-order valence-electron chi connectivity index (χ0n) is 19.2. The Morgan fingerprint density at radius 1 is 1.33 bits per heavy atom. The van der Waals surface area contributed by atoms with Gasteiger partial charge in [-0.15, -0.1) is 0 Å². The zero-order valence-corrected chi connectivity index (χ0v) is 20.1. The molecule has 2 aromatic rings. The number of ether oxygens (including phenoxy) is 1. The van der Waals surface area contributed by atoms with Crippen molar-refractivity contribution >= 4 is 15.7 Å². The molecule has 0 bridgehead atoms. The highest BCUT2D eigenvalue weighted by Gasteiger charge is 2.46. The maximum Gasteiger partial charge on any atom is 0.223 e. The Labute approximate surface area is 192 Å². The summed E-state index contributed by atoms with van der Waals surface area (Å²) in [6.07, 6.45) is 1.38. The number of benzene rings is 1. The van der Waals surface area contributed by atoms with Gasteiger partial charge in [0, 0.05) is 41.3 Å². The molecule has 10 heteroatoms. The SMILES string of the molecule is CCOc1cc(F)c(F)c(-c2nn(C(C)C)c3c2CC[C@@H](C(=O)NC2(C)CS(=O)(=O)C2)C3)c1. The summed E-state index contributed by atoms with van der Waals surface area (Å²) in [6, 6.07) is 2.44. The molecule has 180 valence electrons. The Balaban J connectivity index is 1.66. The predicted molar refractivity (Wildman–Crippen MR) is 120 cm³/mol. The Kier molecular flexibility index (Phi) is 6.01. The van der Waals surface area contributed by atoms with Crippen LogP contribution in [0.3, 0.4) is 0 Å². The van der Waals surface area contributed by atoms with E-state index in [0.717, 1.165) is 17.3 Å². The lowest BCUT2D eigenvalue weighted by Crippen LogP contribution is -2.64. The first-order chi connectivity index (χ1) is 15.4. The molecule has 0 saturated carbocycles. The van der Waals surface area contributed by atoms with Gasteiger partial charge in [-0.25, -0.2) is 17.2 Å². The smallest absolute Gasteiger partial charge is 0.223 e. The molecule has 1 aliphatic heterocycles. The van der Waals surface area contributed by atoms with Crippen LogP contribution < -0.4 is 10.1 Å². The van der Waals surface area contributed by atoms with E-state index >= 15 is 0 Å². The number of carbonyl (C=O) groups excluding carboxylic acids is 1. The van der Waals surface area contributed by atoms with E-state index in [-0.39, 0.29) is 40.7 Å². The Morgan fingerprint density at radius 3 is 2.64 bits per heavy atom. The van der Waals surface area contributed by atoms with Crippen LogP contribution in [-0.4, -0.2) is 47.8 Å². The minimum absolute atomic E-state index is 0.0455. The maximum absolute atomic E-state index is 14.8. The van der Waals surface area contributed by atoms with Crippen molar-refractivity contribution < 1.29 is 26.7 Å². The highest BCUT2D eigenvalue weighted by molar-refractivity contribution is 7.93. The molecule has 2 aliphatic rings. The number of hydrogen-bond donors (Lipinski definition) is 1. The lowest BCUT2D eigenvalue weighted by Gasteiger charge is -2.39. The van der Waals surface area contributed by atoms with E-state index in [9.17, 15) is 22.0 Å². The molecule has 1 atom stereocenters. The molecule has 1 saturated heterocycles. The average molecular weight is 482 g/mol. The summed E-state index contributed by atoms with van der Waals surface area (Å²) in [7, 11) is -3.08. The van der Waals surface area contributed by atoms with Crippen LogP contribution in [0, 0.1) is 17.6 Å². The van der Waals surface area contributed by atoms with Gasteiger partial charge in [-0.3, -0.25) is 9.48 Å². The fraction of sp³-hybridized carbons (Fsp3) is 0.565. The van der Waals surface area contributed by atoms with E-state index < -0.39 is 27.0 Å². The van der Waals surface area contributed by atoms with E-state index in [1.807, 2.05) is 13.8 Å². The average Bonchev–Trinajstić information content (AvgIpc) is 3.08. The summed E-state index contributed by atoms with van der Waals surface area (Å²) >= 11 is 0. The summed E-state index contributed by atoms with van der Waals surface area (Å²) in [5, 5.41) is 7.52. The third-order valence-electron chi connectivity index (χ3n) is 6.23. The molecule has 0 unspecified atom stereocenters. The van der Waals surface area contributed by atoms with Crippen molar-refractivity contribution in [3.8, 4) is 17.0 Å². The largest absolute Gasteiger partial charge is 0.494 e. The van der Waals surface area contributed by atoms with Crippen molar-refractivity contribution in [1.82, 2.24) is 15.1 Å². The first kappa shape index (κ1) is 23.7. The predicted octanol–water partition coefficient (Wildman–Crippen LogP) is 3.22. The number of rotatable bonds is 6. The molecule has 4 rings (SSSR count). The van der Waals surface area contributed by atoms with Gasteiger partial charge < -0.3 is 10.1 Å². The lowest BCUT2D eigenvalue weighted by molar-refractivity contribution is -0.126. The van der Waals surface area contributed by atoms with E-state index in [1.54, 1.807) is 18.5 Å². The van der Waals surface area contributed by atoms with Crippen LogP contribution in [0.2, 0.25) is 0 Å². The van der Waals surface area contributed by atoms with Crippen LogP contribution in [0.1, 0.15) is 51.4 Å². The number of nitrogens with zero attached hydrogens (tertiary/aromatic N) is 2. The molecule has 0 spiro atoms. The molecule has 7 nitrogen and oxygen atoms in total. The first-order valence-corrected chi connectivity index (χ1v) is 13.0. The van der Waals surface area contributed by atoms with Crippen molar-refractivity contribution in [1.29, 1.82) is 0 Å². The van der Waals surface area contributed by atoms with Crippen LogP contribution in [0.15, 0.2) is 12.1 Å². The van der Waals surface area contributed by atoms with Gasteiger partial charge in [0.1, 0.15) is 5.75 Å². The van der Waals surface area contributed by atoms with Gasteiger partial charge in [-0.1, -0.05) is 0 Å². The molecule has 2 heterocycles. The van der Waals surface area contributed by atoms with Crippen molar-refractivity contribution in [2.45, 2.75) is 58.5 Å². The second kappa shape index (κ2) is 8.38. The summed E-state index contributed by atoms with van der Waals surface area (Å²) in [4.78, 5) is 12.9. The van der Waals surface area contributed by atoms with Crippen LogP contribution in [0.4, 0.5) is 8.78 Å². The Bertz CT molecular complexity index is 1190. The number of aromatic nitrogens is 2. The van der Waals surface area contributed by atoms with E-state index in [2.05, 4.69) is 10.4 Å². The molecular weight excluding hydrogens is 452 g/mol. The van der Waals surface area contributed by atoms with Gasteiger partial charge in [0.15, 0.2) is 21.5 Å². The Morgan fingerprint density at radius 2 is 2.03 bits per heavy atom. The quantitative estimate of drug-likeness (QED) is 0.684. The highest BCUT2D eigenvalue weighted by atomic mass is 32.2. The Hall–Kier alpha value is -2.49. The molecule has 1 fully saturated rings. The molecular formula is C23H29F2N3O4S. The van der Waals surface area contributed by atoms with Crippen molar-refractivity contribution in [3.63, 3.8) is 0 Å². The number of sulfone groups is 1. The third-order valence-corrected chi connectivity index (χ3v) is 8.38. The molecule has 1 aliphatic carbocycles. The first-order valence-electron chi connectivity index (χ1n) is 11.2. The van der Waals surface area contributed by atoms with Gasteiger partial charge >= 0.3 is 0 Å². The number of carbonyl (C=O) groups is 1. The van der Waals surface area contributed by atoms with Gasteiger partial charge in [-0.05, 0) is 46.6 Å². The van der Waals surface area contributed by atoms with E-state index in [0.29, 0.717) is 31.6 Å². The normalized spacial score (nSPS) is 20.8. The molecule has 1 N–H and O–H groups in total. The zero-order chi connectivity index (χ0) is 24.1. The molecule has 1 aromatic carbocycles. The van der Waals surface area contributed by atoms with Crippen molar-refractivity contribution in [3.05, 3.63) is 35.0 Å². The molecule has 1 amide bonds. The summed E-state index contributed by atoms with van der Waals surface area (Å²) in [5.74, 6) is -2.40. The maximum atomic E-state index is 14.8. The lowest BCUT2D eigenvalue weighted by atomic mass is 9.84. The standard InChI is InChI=1S/C23H29F2N3O4S/c1-5-32-15-9-17(20(25)18(24)10-15)21-16-7-6-14(8-19(16)28(27-21)13(2)3)22(29)26-23(4)11-33(30,31)12-23/h9-10,13-14H,5-8,11-12H2,1-4H3,(H,26,29)/t14-/m1/s1.